The van der Waals surface area contributed by atoms with Crippen molar-refractivity contribution in [1.29, 1.82) is 0 Å². The van der Waals surface area contributed by atoms with Crippen LogP contribution in [0.1, 0.15) is 88.3 Å². The van der Waals surface area contributed by atoms with E-state index in [0.717, 1.165) is 57.7 Å². The third-order valence-corrected chi connectivity index (χ3v) is 15.0. The lowest BCUT2D eigenvalue weighted by molar-refractivity contribution is -0.201. The van der Waals surface area contributed by atoms with Gasteiger partial charge in [-0.1, -0.05) is 92.8 Å². The number of aliphatic hydroxyl groups excluding tert-OH is 2. The lowest BCUT2D eigenvalue weighted by Gasteiger charge is -2.59. The Labute approximate surface area is 367 Å². The van der Waals surface area contributed by atoms with Crippen molar-refractivity contribution in [2.45, 2.75) is 109 Å². The van der Waals surface area contributed by atoms with Crippen molar-refractivity contribution in [3.8, 4) is 0 Å². The Kier molecular flexibility index (Phi) is 11.9. The number of carbonyl (C=O) groups excluding carboxylic acids is 6. The molecule has 6 aliphatic rings. The molecule has 332 valence electrons. The first kappa shape index (κ1) is 44.3. The Morgan fingerprint density at radius 2 is 1.67 bits per heavy atom. The molecular formula is C50H57N3O10. The third-order valence-electron chi connectivity index (χ3n) is 15.0. The van der Waals surface area contributed by atoms with Crippen LogP contribution < -0.4 is 10.6 Å². The molecule has 13 heteroatoms. The number of rotatable bonds is 14. The summed E-state index contributed by atoms with van der Waals surface area (Å²) in [6.07, 6.45) is 9.85. The van der Waals surface area contributed by atoms with Crippen molar-refractivity contribution in [2.75, 3.05) is 13.2 Å². The minimum atomic E-state index is -1.40. The van der Waals surface area contributed by atoms with Crippen LogP contribution in [-0.2, 0) is 51.1 Å². The third kappa shape index (κ3) is 7.87. The number of Topliss-reactive ketones (excluding diaryl/α,β-unsaturated/α-hetero) is 2. The van der Waals surface area contributed by atoms with E-state index in [1.807, 2.05) is 54.6 Å². The van der Waals surface area contributed by atoms with E-state index in [1.165, 1.54) is 12.5 Å². The van der Waals surface area contributed by atoms with Gasteiger partial charge < -0.3 is 30.3 Å². The minimum absolute atomic E-state index is 0.0158. The largest absolute Gasteiger partial charge is 0.393 e. The molecule has 2 aliphatic heterocycles. The molecular weight excluding hydrogens is 803 g/mol. The van der Waals surface area contributed by atoms with Gasteiger partial charge in [-0.05, 0) is 80.1 Å². The summed E-state index contributed by atoms with van der Waals surface area (Å²) in [5, 5.41) is 27.6. The van der Waals surface area contributed by atoms with Crippen LogP contribution in [0.3, 0.4) is 0 Å². The maximum atomic E-state index is 14.0. The highest BCUT2D eigenvalue weighted by atomic mass is 16.7. The molecule has 4 amide bonds. The van der Waals surface area contributed by atoms with Crippen LogP contribution in [0.25, 0.3) is 0 Å². The highest BCUT2D eigenvalue weighted by Gasteiger charge is 2.75. The van der Waals surface area contributed by atoms with Gasteiger partial charge in [-0.3, -0.25) is 33.7 Å². The summed E-state index contributed by atoms with van der Waals surface area (Å²) in [5.74, 6) is -2.47. The topological polar surface area (TPSA) is 189 Å². The highest BCUT2D eigenvalue weighted by Crippen LogP contribution is 2.70. The molecule has 8 rings (SSSR count). The van der Waals surface area contributed by atoms with Gasteiger partial charge in [0.15, 0.2) is 23.5 Å². The molecule has 0 radical (unpaired) electrons. The fraction of sp³-hybridized carbons (Fsp3) is 0.480. The van der Waals surface area contributed by atoms with Gasteiger partial charge in [0.05, 0.1) is 18.2 Å². The van der Waals surface area contributed by atoms with E-state index in [1.54, 1.807) is 6.92 Å². The summed E-state index contributed by atoms with van der Waals surface area (Å²) in [6, 6.07) is 13.7. The number of ketones is 2. The van der Waals surface area contributed by atoms with Crippen molar-refractivity contribution in [3.63, 3.8) is 0 Å². The summed E-state index contributed by atoms with van der Waals surface area (Å²) in [6.45, 7) is 10.7. The SMILES string of the molecule is C=C1C=C[C@@]2(C)C(=C1)CC[C@@H]1[C@@H]2[C@@H](O)C[C@@]2(C)[C@H]1C[C@H]1O[C@@H](c3ccc(Cc4cccc(CC(=O)[C@H](C)NC(=O)[C@H](C)NC(=O)CCN5C(=O)C=CC5=O)c4)cc3)O[C@]12C(=O)CO. The summed E-state index contributed by atoms with van der Waals surface area (Å²) in [5.41, 5.74) is 3.32. The number of ether oxygens (including phenoxy) is 2. The molecule has 2 aromatic carbocycles. The van der Waals surface area contributed by atoms with Crippen molar-refractivity contribution in [3.05, 3.63) is 119 Å². The summed E-state index contributed by atoms with van der Waals surface area (Å²) < 4.78 is 13.5. The first-order chi connectivity index (χ1) is 30.0. The number of nitrogens with zero attached hydrogens (tertiary/aromatic N) is 1. The van der Waals surface area contributed by atoms with Crippen LogP contribution >= 0.6 is 0 Å². The fourth-order valence-electron chi connectivity index (χ4n) is 11.8. The molecule has 0 unspecified atom stereocenters. The molecule has 0 aromatic heterocycles. The van der Waals surface area contributed by atoms with E-state index in [9.17, 15) is 39.0 Å². The fourth-order valence-corrected chi connectivity index (χ4v) is 11.8. The average Bonchev–Trinajstić information content (AvgIpc) is 3.87. The second-order valence-corrected chi connectivity index (χ2v) is 18.8. The number of hydrogen-bond donors (Lipinski definition) is 4. The van der Waals surface area contributed by atoms with Crippen molar-refractivity contribution >= 4 is 35.2 Å². The molecule has 0 spiro atoms. The first-order valence-corrected chi connectivity index (χ1v) is 22.0. The van der Waals surface area contributed by atoms with E-state index in [2.05, 4.69) is 43.2 Å². The van der Waals surface area contributed by atoms with E-state index in [0.29, 0.717) is 19.3 Å². The zero-order chi connectivity index (χ0) is 45.0. The van der Waals surface area contributed by atoms with Crippen LogP contribution in [0.15, 0.2) is 96.6 Å². The molecule has 4 N–H and O–H groups in total. The Morgan fingerprint density at radius 3 is 2.38 bits per heavy atom. The zero-order valence-electron chi connectivity index (χ0n) is 36.3. The molecule has 13 nitrogen and oxygen atoms in total. The van der Waals surface area contributed by atoms with E-state index in [-0.39, 0.29) is 48.3 Å². The number of hydrogen-bond acceptors (Lipinski definition) is 10. The van der Waals surface area contributed by atoms with Crippen molar-refractivity contribution < 1.29 is 48.5 Å². The molecule has 2 aromatic rings. The van der Waals surface area contributed by atoms with Crippen LogP contribution in [0, 0.1) is 28.6 Å². The normalized spacial score (nSPS) is 32.6. The highest BCUT2D eigenvalue weighted by molar-refractivity contribution is 6.13. The summed E-state index contributed by atoms with van der Waals surface area (Å²) >= 11 is 0. The van der Waals surface area contributed by atoms with Gasteiger partial charge in [0.2, 0.25) is 11.8 Å². The van der Waals surface area contributed by atoms with Gasteiger partial charge in [-0.15, -0.1) is 0 Å². The van der Waals surface area contributed by atoms with Crippen molar-refractivity contribution in [2.24, 2.45) is 28.6 Å². The van der Waals surface area contributed by atoms with E-state index in [4.69, 9.17) is 9.47 Å². The van der Waals surface area contributed by atoms with Gasteiger partial charge in [0.1, 0.15) is 12.6 Å². The number of fused-ring (bicyclic) bond motifs is 7. The molecule has 0 bridgehead atoms. The molecule has 3 saturated carbocycles. The van der Waals surface area contributed by atoms with Crippen LogP contribution in [0.5, 0.6) is 0 Å². The van der Waals surface area contributed by atoms with E-state index < -0.39 is 77.6 Å². The maximum absolute atomic E-state index is 14.0. The average molecular weight is 860 g/mol. The maximum Gasteiger partial charge on any atom is 0.253 e. The predicted molar refractivity (Wildman–Crippen MR) is 231 cm³/mol. The Hall–Kier alpha value is -5.34. The van der Waals surface area contributed by atoms with Gasteiger partial charge in [-0.25, -0.2) is 0 Å². The zero-order valence-corrected chi connectivity index (χ0v) is 36.3. The molecule has 1 saturated heterocycles. The van der Waals surface area contributed by atoms with Gasteiger partial charge in [0, 0.05) is 53.8 Å². The lowest BCUT2D eigenvalue weighted by atomic mass is 9.46. The monoisotopic (exact) mass is 859 g/mol. The van der Waals surface area contributed by atoms with Gasteiger partial charge in [-0.2, -0.15) is 0 Å². The molecule has 4 fully saturated rings. The van der Waals surface area contributed by atoms with Crippen molar-refractivity contribution in [1.82, 2.24) is 15.5 Å². The summed E-state index contributed by atoms with van der Waals surface area (Å²) in [4.78, 5) is 76.7. The number of imide groups is 1. The van der Waals surface area contributed by atoms with Crippen LogP contribution in [0.2, 0.25) is 0 Å². The molecule has 4 aliphatic carbocycles. The number of amides is 4. The number of carbonyl (C=O) groups is 6. The van der Waals surface area contributed by atoms with Crippen LogP contribution in [-0.4, -0.2) is 93.4 Å². The molecule has 2 heterocycles. The summed E-state index contributed by atoms with van der Waals surface area (Å²) in [7, 11) is 0. The smallest absolute Gasteiger partial charge is 0.253 e. The Balaban J connectivity index is 0.869. The van der Waals surface area contributed by atoms with Crippen LogP contribution in [0.4, 0.5) is 0 Å². The molecule has 11 atom stereocenters. The second kappa shape index (κ2) is 17.0. The Morgan fingerprint density at radius 1 is 0.952 bits per heavy atom. The lowest BCUT2D eigenvalue weighted by Crippen LogP contribution is -2.63. The number of benzene rings is 2. The first-order valence-electron chi connectivity index (χ1n) is 22.0. The van der Waals surface area contributed by atoms with E-state index >= 15 is 0 Å². The second-order valence-electron chi connectivity index (χ2n) is 18.8. The predicted octanol–water partition coefficient (Wildman–Crippen LogP) is 4.30. The standard InChI is InChI=1S/C50H57N3O10/c1-28-17-19-48(4)35(21-28)13-14-36-37-25-41-50(40(57)27-54,49(37,5)26-39(56)45(36)48)63-47(62-41)34-11-9-31(10-12-34)22-32-7-6-8-33(23-32)24-38(55)29(2)52-46(61)30(3)51-42(58)18-20-53-43(59)15-16-44(53)60/h6-12,15-17,19,21,23,29-30,36-37,39,41,45,47,54,56H,1,13-14,18,20,22,24-27H2,2-5H3,(H,51,58)(H,52,61)/t29-,30-,36-,37-,39-,41+,45+,47+,48-,49-,50+/m0/s1. The Bertz CT molecular complexity index is 2320. The van der Waals surface area contributed by atoms with Gasteiger partial charge >= 0.3 is 0 Å². The number of nitrogens with one attached hydrogen (secondary N) is 2. The quantitative estimate of drug-likeness (QED) is 0.200. The number of aliphatic hydroxyl groups is 2. The van der Waals surface area contributed by atoms with Gasteiger partial charge in [0.25, 0.3) is 11.8 Å². The molecule has 63 heavy (non-hydrogen) atoms. The minimum Gasteiger partial charge on any atom is -0.393 e. The number of allylic oxidation sites excluding steroid dienone is 5.